The van der Waals surface area contributed by atoms with Gasteiger partial charge in [-0.3, -0.25) is 0 Å². The molecular weight excluding hydrogens is 247 g/mol. The van der Waals surface area contributed by atoms with E-state index in [1.165, 1.54) is 0 Å². The first-order chi connectivity index (χ1) is 7.73. The minimum atomic E-state index is -2.55. The highest BCUT2D eigenvalue weighted by Gasteiger charge is 2.52. The Bertz CT molecular complexity index is 406. The highest BCUT2D eigenvalue weighted by atomic mass is 32.1. The molecule has 0 atom stereocenters. The number of hydrogen-bond acceptors (Lipinski definition) is 4. The van der Waals surface area contributed by atoms with Gasteiger partial charge in [-0.15, -0.1) is 11.3 Å². The summed E-state index contributed by atoms with van der Waals surface area (Å²) in [5, 5.41) is 1.36. The normalized spacial score (nSPS) is 22.4. The summed E-state index contributed by atoms with van der Waals surface area (Å²) in [7, 11) is -0.663. The van der Waals surface area contributed by atoms with Gasteiger partial charge in [0.25, 0.3) is 6.43 Å². The van der Waals surface area contributed by atoms with E-state index in [9.17, 15) is 8.78 Å². The second kappa shape index (κ2) is 4.00. The fraction of sp³-hybridized carbons (Fsp3) is 0.700. The topological polar surface area (TPSA) is 31.4 Å². The molecule has 1 aliphatic heterocycles. The van der Waals surface area contributed by atoms with Gasteiger partial charge in [-0.25, -0.2) is 13.8 Å². The number of hydrogen-bond donors (Lipinski definition) is 0. The maximum absolute atomic E-state index is 12.4. The zero-order valence-electron chi connectivity index (χ0n) is 10.2. The lowest BCUT2D eigenvalue weighted by Gasteiger charge is -2.32. The Morgan fingerprint density at radius 3 is 2.18 bits per heavy atom. The van der Waals surface area contributed by atoms with E-state index in [-0.39, 0.29) is 5.01 Å². The Labute approximate surface area is 103 Å². The Kier molecular flexibility index (Phi) is 3.04. The standard InChI is InChI=1S/C10H14BF2NO2S/c1-9(2)10(3,4)16-11(15-9)6-5-17-8(14-6)7(12)13/h5,7H,1-4H3. The Hall–Kier alpha value is -0.525. The number of rotatable bonds is 2. The van der Waals surface area contributed by atoms with E-state index in [2.05, 4.69) is 4.98 Å². The van der Waals surface area contributed by atoms with Gasteiger partial charge in [0.1, 0.15) is 0 Å². The van der Waals surface area contributed by atoms with Crippen molar-refractivity contribution in [2.45, 2.75) is 45.3 Å². The van der Waals surface area contributed by atoms with E-state index in [0.717, 1.165) is 11.3 Å². The lowest BCUT2D eigenvalue weighted by molar-refractivity contribution is 0.00578. The van der Waals surface area contributed by atoms with Crippen LogP contribution in [0.15, 0.2) is 5.38 Å². The largest absolute Gasteiger partial charge is 0.515 e. The van der Waals surface area contributed by atoms with Gasteiger partial charge in [-0.2, -0.15) is 0 Å². The van der Waals surface area contributed by atoms with Crippen molar-refractivity contribution >= 4 is 24.0 Å². The molecule has 0 unspecified atom stereocenters. The van der Waals surface area contributed by atoms with Crippen molar-refractivity contribution in [1.82, 2.24) is 4.98 Å². The Morgan fingerprint density at radius 1 is 1.24 bits per heavy atom. The molecule has 0 N–H and O–H groups in total. The van der Waals surface area contributed by atoms with Gasteiger partial charge in [-0.1, -0.05) is 0 Å². The van der Waals surface area contributed by atoms with E-state index >= 15 is 0 Å². The molecule has 1 fully saturated rings. The van der Waals surface area contributed by atoms with E-state index < -0.39 is 24.7 Å². The van der Waals surface area contributed by atoms with Crippen LogP contribution in [-0.2, 0) is 9.31 Å². The zero-order valence-corrected chi connectivity index (χ0v) is 11.0. The molecular formula is C10H14BF2NO2S. The molecule has 94 valence electrons. The van der Waals surface area contributed by atoms with Crippen LogP contribution >= 0.6 is 11.3 Å². The van der Waals surface area contributed by atoms with Gasteiger partial charge in [0.2, 0.25) is 0 Å². The molecule has 2 heterocycles. The molecule has 2 rings (SSSR count). The van der Waals surface area contributed by atoms with E-state index in [0.29, 0.717) is 5.59 Å². The molecule has 1 aromatic rings. The molecule has 1 aliphatic rings. The first kappa shape index (κ1) is 12.9. The molecule has 7 heteroatoms. The van der Waals surface area contributed by atoms with Gasteiger partial charge < -0.3 is 9.31 Å². The summed E-state index contributed by atoms with van der Waals surface area (Å²) in [6.45, 7) is 7.64. The van der Waals surface area contributed by atoms with Crippen molar-refractivity contribution in [2.24, 2.45) is 0 Å². The Morgan fingerprint density at radius 2 is 1.76 bits per heavy atom. The van der Waals surface area contributed by atoms with Crippen molar-refractivity contribution in [1.29, 1.82) is 0 Å². The quantitative estimate of drug-likeness (QED) is 0.766. The first-order valence-electron chi connectivity index (χ1n) is 5.32. The molecule has 17 heavy (non-hydrogen) atoms. The summed E-state index contributed by atoms with van der Waals surface area (Å²) in [6, 6.07) is 0. The van der Waals surface area contributed by atoms with Crippen LogP contribution in [0.25, 0.3) is 0 Å². The van der Waals surface area contributed by atoms with Gasteiger partial charge in [0.05, 0.1) is 16.8 Å². The van der Waals surface area contributed by atoms with Gasteiger partial charge >= 0.3 is 7.12 Å². The summed E-state index contributed by atoms with van der Waals surface area (Å²) < 4.78 is 36.3. The molecule has 0 aromatic carbocycles. The van der Waals surface area contributed by atoms with Crippen molar-refractivity contribution in [2.75, 3.05) is 0 Å². The SMILES string of the molecule is CC1(C)OB(c2csc(C(F)F)n2)OC1(C)C. The highest BCUT2D eigenvalue weighted by molar-refractivity contribution is 7.10. The molecule has 1 saturated heterocycles. The molecule has 0 saturated carbocycles. The fourth-order valence-corrected chi connectivity index (χ4v) is 2.14. The van der Waals surface area contributed by atoms with Crippen LogP contribution in [0.4, 0.5) is 8.78 Å². The van der Waals surface area contributed by atoms with Gasteiger partial charge in [0, 0.05) is 5.38 Å². The second-order valence-corrected chi connectivity index (χ2v) is 5.89. The predicted molar refractivity (Wildman–Crippen MR) is 62.8 cm³/mol. The predicted octanol–water partition coefficient (Wildman–Crippen LogP) is 2.38. The number of alkyl halides is 2. The third-order valence-electron chi connectivity index (χ3n) is 3.22. The van der Waals surface area contributed by atoms with Crippen LogP contribution in [0.5, 0.6) is 0 Å². The molecule has 0 radical (unpaired) electrons. The van der Waals surface area contributed by atoms with Gasteiger partial charge in [-0.05, 0) is 27.7 Å². The lowest BCUT2D eigenvalue weighted by Crippen LogP contribution is -2.41. The van der Waals surface area contributed by atoms with E-state index in [1.807, 2.05) is 27.7 Å². The second-order valence-electron chi connectivity index (χ2n) is 5.00. The number of nitrogens with zero attached hydrogens (tertiary/aromatic N) is 1. The first-order valence-corrected chi connectivity index (χ1v) is 6.20. The van der Waals surface area contributed by atoms with Gasteiger partial charge in [0.15, 0.2) is 5.01 Å². The van der Waals surface area contributed by atoms with Crippen LogP contribution in [0.2, 0.25) is 0 Å². The lowest BCUT2D eigenvalue weighted by atomic mass is 9.86. The summed E-state index contributed by atoms with van der Waals surface area (Å²) in [6.07, 6.45) is -2.55. The van der Waals surface area contributed by atoms with Crippen molar-refractivity contribution < 1.29 is 18.1 Å². The van der Waals surface area contributed by atoms with Crippen LogP contribution in [-0.4, -0.2) is 23.3 Å². The number of halogens is 2. The average Bonchev–Trinajstić information content (AvgIpc) is 2.70. The van der Waals surface area contributed by atoms with E-state index in [1.54, 1.807) is 5.38 Å². The summed E-state index contributed by atoms with van der Waals surface area (Å²) in [5.41, 5.74) is -0.539. The van der Waals surface area contributed by atoms with Crippen molar-refractivity contribution in [3.05, 3.63) is 10.4 Å². The fourth-order valence-electron chi connectivity index (χ4n) is 1.47. The van der Waals surface area contributed by atoms with Crippen LogP contribution in [0.1, 0.15) is 39.1 Å². The third-order valence-corrected chi connectivity index (χ3v) is 4.09. The molecule has 0 aliphatic carbocycles. The highest BCUT2D eigenvalue weighted by Crippen LogP contribution is 2.36. The molecule has 0 spiro atoms. The van der Waals surface area contributed by atoms with Crippen LogP contribution < -0.4 is 5.59 Å². The minimum absolute atomic E-state index is 0.199. The molecule has 1 aromatic heterocycles. The minimum Gasteiger partial charge on any atom is -0.398 e. The van der Waals surface area contributed by atoms with Crippen molar-refractivity contribution in [3.63, 3.8) is 0 Å². The van der Waals surface area contributed by atoms with Crippen molar-refractivity contribution in [3.8, 4) is 0 Å². The van der Waals surface area contributed by atoms with Crippen LogP contribution in [0.3, 0.4) is 0 Å². The maximum atomic E-state index is 12.4. The Balaban J connectivity index is 2.20. The third kappa shape index (κ3) is 2.23. The average molecular weight is 261 g/mol. The molecule has 0 amide bonds. The smallest absolute Gasteiger partial charge is 0.398 e. The van der Waals surface area contributed by atoms with E-state index in [4.69, 9.17) is 9.31 Å². The maximum Gasteiger partial charge on any atom is 0.515 e. The number of aromatic nitrogens is 1. The monoisotopic (exact) mass is 261 g/mol. The summed E-state index contributed by atoms with van der Waals surface area (Å²) in [5.74, 6) is 0. The summed E-state index contributed by atoms with van der Waals surface area (Å²) >= 11 is 0.924. The summed E-state index contributed by atoms with van der Waals surface area (Å²) in [4.78, 5) is 3.84. The molecule has 3 nitrogen and oxygen atoms in total. The van der Waals surface area contributed by atoms with Crippen LogP contribution in [0, 0.1) is 0 Å². The number of thiazole rings is 1. The zero-order chi connectivity index (χ0) is 12.8. The molecule has 0 bridgehead atoms.